The zero-order valence-corrected chi connectivity index (χ0v) is 13.6. The van der Waals surface area contributed by atoms with Gasteiger partial charge in [-0.15, -0.1) is 0 Å². The molecular weight excluding hydrogens is 320 g/mol. The summed E-state index contributed by atoms with van der Waals surface area (Å²) >= 11 is 5.11. The number of ketones is 1. The normalized spacial score (nSPS) is 10.5. The van der Waals surface area contributed by atoms with E-state index in [9.17, 15) is 4.79 Å². The average molecular weight is 335 g/mol. The Morgan fingerprint density at radius 2 is 1.79 bits per heavy atom. The van der Waals surface area contributed by atoms with Gasteiger partial charge in [0.1, 0.15) is 0 Å². The highest BCUT2D eigenvalue weighted by atomic mass is 79.9. The zero-order chi connectivity index (χ0) is 14.0. The van der Waals surface area contributed by atoms with E-state index in [2.05, 4.69) is 48.0 Å². The van der Waals surface area contributed by atoms with Crippen molar-refractivity contribution in [3.63, 3.8) is 0 Å². The molecule has 98 valence electrons. The number of benzene rings is 2. The first-order valence-electron chi connectivity index (χ1n) is 6.03. The molecule has 0 atom stereocenters. The minimum Gasteiger partial charge on any atom is -0.294 e. The fourth-order valence-electron chi connectivity index (χ4n) is 1.81. The van der Waals surface area contributed by atoms with E-state index in [1.54, 1.807) is 18.7 Å². The Morgan fingerprint density at radius 1 is 1.05 bits per heavy atom. The van der Waals surface area contributed by atoms with Gasteiger partial charge in [0, 0.05) is 19.8 Å². The van der Waals surface area contributed by atoms with Crippen LogP contribution in [0.15, 0.2) is 50.7 Å². The largest absolute Gasteiger partial charge is 0.294 e. The number of hydrogen-bond acceptors (Lipinski definition) is 2. The molecule has 0 aliphatic heterocycles. The maximum atomic E-state index is 11.7. The van der Waals surface area contributed by atoms with Crippen LogP contribution in [0.4, 0.5) is 0 Å². The Bertz CT molecular complexity index is 635. The van der Waals surface area contributed by atoms with E-state index in [0.29, 0.717) is 0 Å². The highest BCUT2D eigenvalue weighted by molar-refractivity contribution is 9.10. The number of carbonyl (C=O) groups excluding carboxylic acids is 1. The summed E-state index contributed by atoms with van der Waals surface area (Å²) in [6, 6.07) is 12.2. The number of hydrogen-bond donors (Lipinski definition) is 0. The van der Waals surface area contributed by atoms with Crippen LogP contribution in [0.25, 0.3) is 0 Å². The fraction of sp³-hybridized carbons (Fsp3) is 0.188. The van der Waals surface area contributed by atoms with E-state index in [1.807, 2.05) is 18.2 Å². The van der Waals surface area contributed by atoms with Gasteiger partial charge in [0.15, 0.2) is 5.78 Å². The monoisotopic (exact) mass is 334 g/mol. The molecule has 0 aliphatic rings. The number of halogens is 1. The highest BCUT2D eigenvalue weighted by Crippen LogP contribution is 2.35. The topological polar surface area (TPSA) is 17.1 Å². The molecule has 19 heavy (non-hydrogen) atoms. The first-order valence-corrected chi connectivity index (χ1v) is 7.64. The summed E-state index contributed by atoms with van der Waals surface area (Å²) < 4.78 is 0.991. The van der Waals surface area contributed by atoms with Crippen molar-refractivity contribution < 1.29 is 4.79 Å². The average Bonchev–Trinajstić information content (AvgIpc) is 2.33. The fourth-order valence-corrected chi connectivity index (χ4v) is 3.54. The van der Waals surface area contributed by atoms with Crippen LogP contribution in [0, 0.1) is 13.8 Å². The summed E-state index contributed by atoms with van der Waals surface area (Å²) in [4.78, 5) is 13.9. The Morgan fingerprint density at radius 3 is 2.47 bits per heavy atom. The van der Waals surface area contributed by atoms with Crippen molar-refractivity contribution in [2.45, 2.75) is 30.6 Å². The summed E-state index contributed by atoms with van der Waals surface area (Å²) in [6.45, 7) is 5.78. The predicted molar refractivity (Wildman–Crippen MR) is 84.2 cm³/mol. The summed E-state index contributed by atoms with van der Waals surface area (Å²) in [6.07, 6.45) is 0. The van der Waals surface area contributed by atoms with Crippen molar-refractivity contribution in [3.8, 4) is 0 Å². The van der Waals surface area contributed by atoms with E-state index in [4.69, 9.17) is 0 Å². The molecule has 0 radical (unpaired) electrons. The smallest absolute Gasteiger partial charge is 0.160 e. The first kappa shape index (κ1) is 14.4. The number of carbonyl (C=O) groups is 1. The Hall–Kier alpha value is -1.06. The number of aryl methyl sites for hydroxylation is 2. The minimum atomic E-state index is 0.0975. The highest BCUT2D eigenvalue weighted by Gasteiger charge is 2.10. The molecule has 2 aromatic carbocycles. The van der Waals surface area contributed by atoms with Gasteiger partial charge in [-0.25, -0.2) is 0 Å². The van der Waals surface area contributed by atoms with Gasteiger partial charge in [-0.3, -0.25) is 4.79 Å². The van der Waals surface area contributed by atoms with Crippen LogP contribution in [0.1, 0.15) is 28.4 Å². The lowest BCUT2D eigenvalue weighted by molar-refractivity contribution is 0.101. The van der Waals surface area contributed by atoms with Gasteiger partial charge >= 0.3 is 0 Å². The van der Waals surface area contributed by atoms with Gasteiger partial charge in [-0.1, -0.05) is 39.8 Å². The molecule has 3 heteroatoms. The van der Waals surface area contributed by atoms with Crippen LogP contribution in [0.5, 0.6) is 0 Å². The first-order chi connectivity index (χ1) is 8.97. The lowest BCUT2D eigenvalue weighted by atomic mass is 10.1. The third-order valence-electron chi connectivity index (χ3n) is 2.89. The molecule has 0 spiro atoms. The van der Waals surface area contributed by atoms with Crippen LogP contribution in [0.3, 0.4) is 0 Å². The van der Waals surface area contributed by atoms with Gasteiger partial charge in [0.05, 0.1) is 0 Å². The van der Waals surface area contributed by atoms with Gasteiger partial charge in [0.25, 0.3) is 0 Å². The molecule has 0 amide bonds. The van der Waals surface area contributed by atoms with Crippen LogP contribution < -0.4 is 0 Å². The van der Waals surface area contributed by atoms with Gasteiger partial charge in [-0.2, -0.15) is 0 Å². The summed E-state index contributed by atoms with van der Waals surface area (Å²) in [7, 11) is 0. The van der Waals surface area contributed by atoms with Crippen LogP contribution in [-0.2, 0) is 0 Å². The summed E-state index contributed by atoms with van der Waals surface area (Å²) in [5.41, 5.74) is 3.23. The molecule has 0 saturated heterocycles. The quantitative estimate of drug-likeness (QED) is 0.697. The standard InChI is InChI=1S/C16H15BrOS/c1-10-4-5-11(2)15(8-10)19-16-9-13(17)6-7-14(16)12(3)18/h4-9H,1-3H3. The Kier molecular flexibility index (Phi) is 4.48. The van der Waals surface area contributed by atoms with Crippen molar-refractivity contribution in [3.05, 3.63) is 57.6 Å². The summed E-state index contributed by atoms with van der Waals surface area (Å²) in [5, 5.41) is 0. The van der Waals surface area contributed by atoms with E-state index in [0.717, 1.165) is 14.9 Å². The molecule has 0 N–H and O–H groups in total. The minimum absolute atomic E-state index is 0.0975. The van der Waals surface area contributed by atoms with E-state index >= 15 is 0 Å². The van der Waals surface area contributed by atoms with Gasteiger partial charge in [0.2, 0.25) is 0 Å². The Labute approximate surface area is 126 Å². The molecule has 0 heterocycles. The molecule has 1 nitrogen and oxygen atoms in total. The van der Waals surface area contributed by atoms with E-state index in [-0.39, 0.29) is 5.78 Å². The molecule has 0 aliphatic carbocycles. The van der Waals surface area contributed by atoms with Crippen molar-refractivity contribution in [2.24, 2.45) is 0 Å². The molecule has 2 aromatic rings. The van der Waals surface area contributed by atoms with Crippen molar-refractivity contribution >= 4 is 33.5 Å². The van der Waals surface area contributed by atoms with Gasteiger partial charge in [-0.05, 0) is 56.2 Å². The predicted octanol–water partition coefficient (Wildman–Crippen LogP) is 5.42. The Balaban J connectivity index is 2.45. The molecule has 0 fully saturated rings. The summed E-state index contributed by atoms with van der Waals surface area (Å²) in [5.74, 6) is 0.0975. The molecule has 0 bridgehead atoms. The van der Waals surface area contributed by atoms with Crippen LogP contribution >= 0.6 is 27.7 Å². The molecule has 0 saturated carbocycles. The number of Topliss-reactive ketones (excluding diaryl/α,β-unsaturated/α-hetero) is 1. The second-order valence-corrected chi connectivity index (χ2v) is 6.57. The SMILES string of the molecule is CC(=O)c1ccc(Br)cc1Sc1cc(C)ccc1C. The molecule has 2 rings (SSSR count). The van der Waals surface area contributed by atoms with E-state index < -0.39 is 0 Å². The van der Waals surface area contributed by atoms with Gasteiger partial charge < -0.3 is 0 Å². The van der Waals surface area contributed by atoms with Crippen molar-refractivity contribution in [1.29, 1.82) is 0 Å². The second-order valence-electron chi connectivity index (χ2n) is 4.57. The van der Waals surface area contributed by atoms with Crippen molar-refractivity contribution in [2.75, 3.05) is 0 Å². The molecule has 0 unspecified atom stereocenters. The van der Waals surface area contributed by atoms with Crippen LogP contribution in [0.2, 0.25) is 0 Å². The van der Waals surface area contributed by atoms with Crippen LogP contribution in [-0.4, -0.2) is 5.78 Å². The number of rotatable bonds is 3. The molecule has 0 aromatic heterocycles. The maximum absolute atomic E-state index is 11.7. The second kappa shape index (κ2) is 5.93. The van der Waals surface area contributed by atoms with E-state index in [1.165, 1.54) is 16.0 Å². The molecular formula is C16H15BrOS. The maximum Gasteiger partial charge on any atom is 0.160 e. The third-order valence-corrected chi connectivity index (χ3v) is 4.60. The zero-order valence-electron chi connectivity index (χ0n) is 11.2. The van der Waals surface area contributed by atoms with Crippen molar-refractivity contribution in [1.82, 2.24) is 0 Å². The lowest BCUT2D eigenvalue weighted by Gasteiger charge is -2.10. The third kappa shape index (κ3) is 3.48. The lowest BCUT2D eigenvalue weighted by Crippen LogP contribution is -1.95.